The topological polar surface area (TPSA) is 66.0 Å². The van der Waals surface area contributed by atoms with E-state index in [1.54, 1.807) is 22.7 Å². The van der Waals surface area contributed by atoms with Gasteiger partial charge in [-0.15, -0.1) is 22.7 Å². The van der Waals surface area contributed by atoms with Crippen LogP contribution in [0.5, 0.6) is 0 Å². The van der Waals surface area contributed by atoms with Gasteiger partial charge in [0.25, 0.3) is 0 Å². The molecule has 30 heavy (non-hydrogen) atoms. The Balaban J connectivity index is 1.66. The minimum Gasteiger partial charge on any atom is -0.317 e. The van der Waals surface area contributed by atoms with Crippen LogP contribution in [0.2, 0.25) is 0 Å². The molecule has 5 nitrogen and oxygen atoms in total. The third-order valence-electron chi connectivity index (χ3n) is 5.69. The number of carbonyl (C=O) groups is 1. The molecule has 1 aromatic carbocycles. The van der Waals surface area contributed by atoms with E-state index in [1.807, 2.05) is 6.07 Å². The Morgan fingerprint density at radius 3 is 2.87 bits per heavy atom. The number of benzene rings is 1. The first-order valence-electron chi connectivity index (χ1n) is 10.8. The normalized spacial score (nSPS) is 19.6. The van der Waals surface area contributed by atoms with Crippen LogP contribution in [-0.2, 0) is 11.2 Å². The molecule has 160 valence electrons. The maximum atomic E-state index is 12.7. The van der Waals surface area contributed by atoms with Gasteiger partial charge in [0.2, 0.25) is 5.91 Å². The van der Waals surface area contributed by atoms with Crippen molar-refractivity contribution in [1.29, 1.82) is 0 Å². The first-order chi connectivity index (χ1) is 14.5. The zero-order chi connectivity index (χ0) is 21.3. The number of hydrogen-bond acceptors (Lipinski definition) is 6. The Bertz CT molecular complexity index is 1010. The summed E-state index contributed by atoms with van der Waals surface area (Å²) in [6.07, 6.45) is 2.48. The Labute approximate surface area is 186 Å². The molecular weight excluding hydrogens is 412 g/mol. The average molecular weight is 443 g/mol. The van der Waals surface area contributed by atoms with E-state index in [0.717, 1.165) is 33.9 Å². The van der Waals surface area contributed by atoms with Gasteiger partial charge in [-0.05, 0) is 51.3 Å². The molecule has 1 amide bonds. The summed E-state index contributed by atoms with van der Waals surface area (Å²) in [5.41, 5.74) is 3.48. The fraction of sp³-hybridized carbons (Fsp3) is 0.478. The number of anilines is 1. The number of nitrogens with zero attached hydrogens (tertiary/aromatic N) is 1. The van der Waals surface area contributed by atoms with Crippen molar-refractivity contribution in [1.82, 2.24) is 15.6 Å². The van der Waals surface area contributed by atoms with Crippen LogP contribution >= 0.6 is 22.7 Å². The van der Waals surface area contributed by atoms with E-state index in [9.17, 15) is 4.79 Å². The van der Waals surface area contributed by atoms with Crippen LogP contribution in [0.15, 0.2) is 24.3 Å². The summed E-state index contributed by atoms with van der Waals surface area (Å²) >= 11 is 3.41. The minimum atomic E-state index is 0.0559. The number of fused-ring (bicyclic) bond motifs is 2. The number of thiophene rings is 1. The predicted molar refractivity (Wildman–Crippen MR) is 129 cm³/mol. The summed E-state index contributed by atoms with van der Waals surface area (Å²) in [7, 11) is 0. The lowest BCUT2D eigenvalue weighted by Gasteiger charge is -2.26. The van der Waals surface area contributed by atoms with Gasteiger partial charge >= 0.3 is 0 Å². The Hall–Kier alpha value is -1.80. The van der Waals surface area contributed by atoms with E-state index in [0.29, 0.717) is 25.0 Å². The van der Waals surface area contributed by atoms with Gasteiger partial charge in [0.05, 0.1) is 10.2 Å². The van der Waals surface area contributed by atoms with Gasteiger partial charge in [-0.3, -0.25) is 4.79 Å². The average Bonchev–Trinajstić information content (AvgIpc) is 3.28. The smallest absolute Gasteiger partial charge is 0.226 e. The molecule has 0 fully saturated rings. The highest BCUT2D eigenvalue weighted by Crippen LogP contribution is 2.47. The molecule has 0 radical (unpaired) electrons. The number of amides is 1. The van der Waals surface area contributed by atoms with Crippen molar-refractivity contribution in [2.75, 3.05) is 11.9 Å². The molecule has 0 saturated heterocycles. The van der Waals surface area contributed by atoms with E-state index in [-0.39, 0.29) is 11.9 Å². The van der Waals surface area contributed by atoms with E-state index in [1.165, 1.54) is 15.1 Å². The van der Waals surface area contributed by atoms with Crippen LogP contribution in [0.1, 0.15) is 57.0 Å². The van der Waals surface area contributed by atoms with Crippen molar-refractivity contribution in [3.05, 3.63) is 34.7 Å². The van der Waals surface area contributed by atoms with Crippen LogP contribution < -0.4 is 16.0 Å². The molecule has 4 rings (SSSR count). The van der Waals surface area contributed by atoms with E-state index >= 15 is 0 Å². The predicted octanol–water partition coefficient (Wildman–Crippen LogP) is 5.34. The molecule has 0 bridgehead atoms. The molecule has 0 saturated carbocycles. The first kappa shape index (κ1) is 21.4. The van der Waals surface area contributed by atoms with Crippen molar-refractivity contribution in [2.24, 2.45) is 0 Å². The summed E-state index contributed by atoms with van der Waals surface area (Å²) in [4.78, 5) is 19.0. The second-order valence-corrected chi connectivity index (χ2v) is 10.3. The Kier molecular flexibility index (Phi) is 6.53. The molecule has 0 aliphatic carbocycles. The highest BCUT2D eigenvalue weighted by molar-refractivity contribution is 7.23. The van der Waals surface area contributed by atoms with Crippen molar-refractivity contribution in [2.45, 2.75) is 65.1 Å². The van der Waals surface area contributed by atoms with Gasteiger partial charge in [-0.25, -0.2) is 4.98 Å². The summed E-state index contributed by atoms with van der Waals surface area (Å²) < 4.78 is 1.18. The monoisotopic (exact) mass is 442 g/mol. The van der Waals surface area contributed by atoms with Crippen LogP contribution in [0.3, 0.4) is 0 Å². The zero-order valence-electron chi connectivity index (χ0n) is 18.0. The third kappa shape index (κ3) is 4.44. The lowest BCUT2D eigenvalue weighted by Crippen LogP contribution is -2.35. The second kappa shape index (κ2) is 9.14. The first-order valence-corrected chi connectivity index (χ1v) is 12.4. The zero-order valence-corrected chi connectivity index (χ0v) is 19.7. The van der Waals surface area contributed by atoms with Gasteiger partial charge < -0.3 is 16.0 Å². The molecule has 3 heterocycles. The number of hydrogen-bond donors (Lipinski definition) is 3. The van der Waals surface area contributed by atoms with Crippen molar-refractivity contribution in [3.8, 4) is 10.6 Å². The van der Waals surface area contributed by atoms with Gasteiger partial charge in [0, 0.05) is 41.5 Å². The molecule has 2 aromatic heterocycles. The van der Waals surface area contributed by atoms with Crippen LogP contribution in [0.25, 0.3) is 20.8 Å². The summed E-state index contributed by atoms with van der Waals surface area (Å²) in [6.45, 7) is 9.41. The third-order valence-corrected chi connectivity index (χ3v) is 8.08. The molecule has 1 aliphatic rings. The maximum absolute atomic E-state index is 12.7. The number of nitrogens with one attached hydrogen (secondary N) is 3. The van der Waals surface area contributed by atoms with Gasteiger partial charge in [0.1, 0.15) is 10.0 Å². The van der Waals surface area contributed by atoms with E-state index in [2.05, 4.69) is 61.8 Å². The minimum absolute atomic E-state index is 0.0559. The lowest BCUT2D eigenvalue weighted by atomic mass is 9.95. The largest absolute Gasteiger partial charge is 0.317 e. The molecule has 1 aliphatic heterocycles. The number of rotatable bonds is 7. The van der Waals surface area contributed by atoms with Gasteiger partial charge in [-0.1, -0.05) is 19.1 Å². The fourth-order valence-corrected chi connectivity index (χ4v) is 6.33. The Morgan fingerprint density at radius 1 is 1.30 bits per heavy atom. The number of aromatic nitrogens is 1. The molecule has 7 heteroatoms. The summed E-state index contributed by atoms with van der Waals surface area (Å²) in [5, 5.41) is 12.2. The second-order valence-electron chi connectivity index (χ2n) is 8.19. The van der Waals surface area contributed by atoms with Crippen LogP contribution in [0.4, 0.5) is 5.00 Å². The molecule has 3 aromatic rings. The van der Waals surface area contributed by atoms with Crippen molar-refractivity contribution >= 4 is 43.8 Å². The Morgan fingerprint density at radius 2 is 2.10 bits per heavy atom. The maximum Gasteiger partial charge on any atom is 0.226 e. The summed E-state index contributed by atoms with van der Waals surface area (Å²) in [6, 6.07) is 9.35. The fourth-order valence-electron chi connectivity index (χ4n) is 3.96. The van der Waals surface area contributed by atoms with Crippen LogP contribution in [-0.4, -0.2) is 29.5 Å². The van der Waals surface area contributed by atoms with Crippen LogP contribution in [0, 0.1) is 0 Å². The highest BCUT2D eigenvalue weighted by Gasteiger charge is 2.30. The van der Waals surface area contributed by atoms with Crippen molar-refractivity contribution < 1.29 is 4.79 Å². The SMILES string of the molecule is CC[C@H](C)NCCC(=O)Nc1sc2c(c1-c1nc3ccccc3s1)C[C@H](C)N[C@@H]2C. The number of carbonyl (C=O) groups excluding carboxylic acids is 1. The highest BCUT2D eigenvalue weighted by atomic mass is 32.1. The quantitative estimate of drug-likeness (QED) is 0.462. The molecule has 0 spiro atoms. The van der Waals surface area contributed by atoms with Gasteiger partial charge in [-0.2, -0.15) is 0 Å². The number of thiazole rings is 1. The van der Waals surface area contributed by atoms with E-state index in [4.69, 9.17) is 4.98 Å². The molecule has 3 atom stereocenters. The molecule has 3 N–H and O–H groups in total. The standard InChI is InChI=1S/C23H30N4OS2/c1-5-13(2)24-11-10-19(28)27-23-20(16-12-14(3)25-15(4)21(16)30-23)22-26-17-8-6-7-9-18(17)29-22/h6-9,13-15,24-25H,5,10-12H2,1-4H3,(H,27,28)/t13-,14-,15+/m0/s1. The molecule has 0 unspecified atom stereocenters. The van der Waals surface area contributed by atoms with Gasteiger partial charge in [0.15, 0.2) is 0 Å². The number of para-hydroxylation sites is 1. The molecular formula is C23H30N4OS2. The van der Waals surface area contributed by atoms with Crippen molar-refractivity contribution in [3.63, 3.8) is 0 Å². The summed E-state index contributed by atoms with van der Waals surface area (Å²) in [5.74, 6) is 0.0559. The lowest BCUT2D eigenvalue weighted by molar-refractivity contribution is -0.116. The van der Waals surface area contributed by atoms with E-state index < -0.39 is 0 Å².